The predicted molar refractivity (Wildman–Crippen MR) is 114 cm³/mol. The first-order valence-corrected chi connectivity index (χ1v) is 9.97. The standard InChI is InChI=1S/C22H24F3N5O2/c1-16-6-3-4-7-20(16)32-11-5-10-29(2)13-21(31)28-18-12-17(22(23,24)25)8-9-19(18)30-15-26-14-27-30/h3-4,6-9,12,14-15H,5,10-11,13H2,1-2H3,(H,28,31). The highest BCUT2D eigenvalue weighted by molar-refractivity contribution is 5.94. The van der Waals surface area contributed by atoms with E-state index in [4.69, 9.17) is 4.74 Å². The van der Waals surface area contributed by atoms with Gasteiger partial charge in [-0.25, -0.2) is 9.67 Å². The maximum Gasteiger partial charge on any atom is 0.416 e. The lowest BCUT2D eigenvalue weighted by Crippen LogP contribution is -2.31. The minimum Gasteiger partial charge on any atom is -0.493 e. The van der Waals surface area contributed by atoms with Crippen LogP contribution in [0.3, 0.4) is 0 Å². The Hall–Kier alpha value is -3.40. The summed E-state index contributed by atoms with van der Waals surface area (Å²) in [5.74, 6) is 0.381. The van der Waals surface area contributed by atoms with Gasteiger partial charge in [-0.3, -0.25) is 9.69 Å². The van der Waals surface area contributed by atoms with Gasteiger partial charge in [-0.05, 0) is 50.2 Å². The van der Waals surface area contributed by atoms with Crippen molar-refractivity contribution in [2.75, 3.05) is 32.1 Å². The molecule has 10 heteroatoms. The lowest BCUT2D eigenvalue weighted by Gasteiger charge is -2.18. The third-order valence-electron chi connectivity index (χ3n) is 4.71. The largest absolute Gasteiger partial charge is 0.493 e. The average molecular weight is 447 g/mol. The molecule has 0 spiro atoms. The number of amides is 1. The maximum absolute atomic E-state index is 13.1. The van der Waals surface area contributed by atoms with Gasteiger partial charge in [-0.1, -0.05) is 18.2 Å². The second-order valence-corrected chi connectivity index (χ2v) is 7.32. The van der Waals surface area contributed by atoms with E-state index in [1.165, 1.54) is 23.4 Å². The highest BCUT2D eigenvalue weighted by Gasteiger charge is 2.31. The number of carbonyl (C=O) groups excluding carboxylic acids is 1. The molecule has 1 amide bonds. The van der Waals surface area contributed by atoms with Crippen molar-refractivity contribution in [3.05, 3.63) is 66.2 Å². The van der Waals surface area contributed by atoms with Gasteiger partial charge in [0.25, 0.3) is 0 Å². The summed E-state index contributed by atoms with van der Waals surface area (Å²) in [6.45, 7) is 3.04. The number of para-hydroxylation sites is 1. The highest BCUT2D eigenvalue weighted by Crippen LogP contribution is 2.33. The van der Waals surface area contributed by atoms with Gasteiger partial charge in [0.2, 0.25) is 5.91 Å². The molecule has 0 saturated carbocycles. The minimum absolute atomic E-state index is 0.00612. The number of alkyl halides is 3. The molecule has 32 heavy (non-hydrogen) atoms. The summed E-state index contributed by atoms with van der Waals surface area (Å²) in [5.41, 5.74) is 0.479. The summed E-state index contributed by atoms with van der Waals surface area (Å²) in [5, 5.41) is 6.50. The second-order valence-electron chi connectivity index (χ2n) is 7.32. The maximum atomic E-state index is 13.1. The topological polar surface area (TPSA) is 72.3 Å². The molecule has 0 aliphatic carbocycles. The van der Waals surface area contributed by atoms with Gasteiger partial charge < -0.3 is 10.1 Å². The van der Waals surface area contributed by atoms with E-state index in [0.717, 1.165) is 23.4 Å². The first kappa shape index (κ1) is 23.3. The lowest BCUT2D eigenvalue weighted by molar-refractivity contribution is -0.137. The third-order valence-corrected chi connectivity index (χ3v) is 4.71. The second kappa shape index (κ2) is 10.3. The van der Waals surface area contributed by atoms with Crippen LogP contribution in [0.15, 0.2) is 55.1 Å². The number of aryl methyl sites for hydroxylation is 1. The van der Waals surface area contributed by atoms with Gasteiger partial charge >= 0.3 is 6.18 Å². The van der Waals surface area contributed by atoms with Crippen LogP contribution in [-0.4, -0.2) is 52.3 Å². The Morgan fingerprint density at radius 3 is 2.69 bits per heavy atom. The van der Waals surface area contributed by atoms with Crippen molar-refractivity contribution in [2.45, 2.75) is 19.5 Å². The molecule has 1 N–H and O–H groups in total. The number of aromatic nitrogens is 3. The summed E-state index contributed by atoms with van der Waals surface area (Å²) in [4.78, 5) is 18.1. The number of ether oxygens (including phenoxy) is 1. The molecule has 0 unspecified atom stereocenters. The molecule has 1 aromatic heterocycles. The van der Waals surface area contributed by atoms with Crippen LogP contribution in [0.4, 0.5) is 18.9 Å². The minimum atomic E-state index is -4.53. The van der Waals surface area contributed by atoms with E-state index in [1.807, 2.05) is 31.2 Å². The predicted octanol–water partition coefficient (Wildman–Crippen LogP) is 3.93. The van der Waals surface area contributed by atoms with Crippen molar-refractivity contribution >= 4 is 11.6 Å². The number of carbonyl (C=O) groups is 1. The Balaban J connectivity index is 1.57. The fraction of sp³-hybridized carbons (Fsp3) is 0.318. The van der Waals surface area contributed by atoms with Crippen LogP contribution in [0.5, 0.6) is 5.75 Å². The summed E-state index contributed by atoms with van der Waals surface area (Å²) in [7, 11) is 1.76. The Kier molecular flexibility index (Phi) is 7.47. The van der Waals surface area contributed by atoms with E-state index in [0.29, 0.717) is 19.6 Å². The fourth-order valence-corrected chi connectivity index (χ4v) is 3.09. The van der Waals surface area contributed by atoms with E-state index in [2.05, 4.69) is 15.4 Å². The lowest BCUT2D eigenvalue weighted by atomic mass is 10.1. The van der Waals surface area contributed by atoms with Gasteiger partial charge in [0.1, 0.15) is 18.4 Å². The molecule has 0 saturated heterocycles. The Morgan fingerprint density at radius 1 is 1.22 bits per heavy atom. The van der Waals surface area contributed by atoms with Crippen LogP contribution in [0.2, 0.25) is 0 Å². The number of anilines is 1. The molecule has 0 aliphatic heterocycles. The van der Waals surface area contributed by atoms with E-state index in [-0.39, 0.29) is 17.9 Å². The van der Waals surface area contributed by atoms with Gasteiger partial charge in [0.05, 0.1) is 30.1 Å². The SMILES string of the molecule is Cc1ccccc1OCCCN(C)CC(=O)Nc1cc(C(F)(F)F)ccc1-n1cncn1. The molecule has 0 aliphatic rings. The smallest absolute Gasteiger partial charge is 0.416 e. The average Bonchev–Trinajstić information content (AvgIpc) is 3.26. The molecular formula is C22H24F3N5O2. The molecule has 1 heterocycles. The van der Waals surface area contributed by atoms with Crippen molar-refractivity contribution in [3.8, 4) is 11.4 Å². The van der Waals surface area contributed by atoms with Crippen LogP contribution in [0.25, 0.3) is 5.69 Å². The van der Waals surface area contributed by atoms with Gasteiger partial charge in [-0.15, -0.1) is 0 Å². The molecule has 3 rings (SSSR count). The fourth-order valence-electron chi connectivity index (χ4n) is 3.09. The summed E-state index contributed by atoms with van der Waals surface area (Å²) in [6.07, 6.45) is -1.24. The van der Waals surface area contributed by atoms with E-state index in [1.54, 1.807) is 11.9 Å². The summed E-state index contributed by atoms with van der Waals surface area (Å²) in [6, 6.07) is 10.8. The number of nitrogens with one attached hydrogen (secondary N) is 1. The number of nitrogens with zero attached hydrogens (tertiary/aromatic N) is 4. The van der Waals surface area contributed by atoms with Gasteiger partial charge in [-0.2, -0.15) is 18.3 Å². The molecule has 0 bridgehead atoms. The van der Waals surface area contributed by atoms with Crippen molar-refractivity contribution in [1.29, 1.82) is 0 Å². The van der Waals surface area contributed by atoms with E-state index < -0.39 is 17.6 Å². The number of hydrogen-bond acceptors (Lipinski definition) is 5. The zero-order chi connectivity index (χ0) is 23.1. The molecule has 0 atom stereocenters. The first-order chi connectivity index (χ1) is 15.2. The molecule has 0 fully saturated rings. The van der Waals surface area contributed by atoms with Gasteiger partial charge in [0.15, 0.2) is 0 Å². The highest BCUT2D eigenvalue weighted by atomic mass is 19.4. The monoisotopic (exact) mass is 447 g/mol. The van der Waals surface area contributed by atoms with Gasteiger partial charge in [0, 0.05) is 6.54 Å². The zero-order valence-electron chi connectivity index (χ0n) is 17.8. The van der Waals surface area contributed by atoms with Crippen molar-refractivity contribution < 1.29 is 22.7 Å². The van der Waals surface area contributed by atoms with Crippen LogP contribution < -0.4 is 10.1 Å². The Bertz CT molecular complexity index is 1040. The normalized spacial score (nSPS) is 11.6. The molecule has 3 aromatic rings. The number of hydrogen-bond donors (Lipinski definition) is 1. The summed E-state index contributed by atoms with van der Waals surface area (Å²) >= 11 is 0. The number of benzene rings is 2. The first-order valence-electron chi connectivity index (χ1n) is 9.97. The zero-order valence-corrected chi connectivity index (χ0v) is 17.8. The van der Waals surface area contributed by atoms with E-state index in [9.17, 15) is 18.0 Å². The molecular weight excluding hydrogens is 423 g/mol. The third kappa shape index (κ3) is 6.30. The van der Waals surface area contributed by atoms with Crippen LogP contribution in [0.1, 0.15) is 17.5 Å². The van der Waals surface area contributed by atoms with Crippen LogP contribution in [0, 0.1) is 6.92 Å². The van der Waals surface area contributed by atoms with E-state index >= 15 is 0 Å². The summed E-state index contributed by atoms with van der Waals surface area (Å²) < 4.78 is 46.5. The van der Waals surface area contributed by atoms with Crippen molar-refractivity contribution in [2.24, 2.45) is 0 Å². The molecule has 170 valence electrons. The number of rotatable bonds is 9. The Labute approximate surface area is 183 Å². The molecule has 2 aromatic carbocycles. The van der Waals surface area contributed by atoms with Crippen molar-refractivity contribution in [3.63, 3.8) is 0 Å². The molecule has 7 nitrogen and oxygen atoms in total. The van der Waals surface area contributed by atoms with Crippen LogP contribution >= 0.6 is 0 Å². The number of halogens is 3. The molecule has 0 radical (unpaired) electrons. The number of likely N-dealkylation sites (N-methyl/N-ethyl adjacent to an activating group) is 1. The quantitative estimate of drug-likeness (QED) is 0.503. The van der Waals surface area contributed by atoms with Crippen LogP contribution in [-0.2, 0) is 11.0 Å². The Morgan fingerprint density at radius 2 is 2.00 bits per heavy atom. The van der Waals surface area contributed by atoms with Crippen molar-refractivity contribution in [1.82, 2.24) is 19.7 Å².